The van der Waals surface area contributed by atoms with Gasteiger partial charge in [0, 0.05) is 33.3 Å². The Balaban J connectivity index is 1.58. The van der Waals surface area contributed by atoms with Crippen LogP contribution in [0.25, 0.3) is 0 Å². The first-order chi connectivity index (χ1) is 14.2. The average molecular weight is 554 g/mol. The van der Waals surface area contributed by atoms with Crippen molar-refractivity contribution in [2.24, 2.45) is 0 Å². The molecule has 0 atom stereocenters. The molecule has 0 spiro atoms. The Bertz CT molecular complexity index is 1090. The molecule has 0 fully saturated rings. The Morgan fingerprint density at radius 3 is 2.67 bits per heavy atom. The van der Waals surface area contributed by atoms with Gasteiger partial charge in [0.05, 0.1) is 10.2 Å². The molecule has 0 aliphatic carbocycles. The third-order valence-electron chi connectivity index (χ3n) is 4.75. The van der Waals surface area contributed by atoms with E-state index in [1.165, 1.54) is 4.88 Å². The van der Waals surface area contributed by atoms with Crippen LogP contribution in [0.5, 0.6) is 17.2 Å². The summed E-state index contributed by atoms with van der Waals surface area (Å²) in [5.41, 5.74) is 2.95. The van der Waals surface area contributed by atoms with Gasteiger partial charge in [-0.2, -0.15) is 0 Å². The Labute approximate surface area is 196 Å². The van der Waals surface area contributed by atoms with Crippen LogP contribution in [0.4, 0.5) is 5.13 Å². The summed E-state index contributed by atoms with van der Waals surface area (Å²) in [5, 5.41) is 14.5. The lowest BCUT2D eigenvalue weighted by atomic mass is 9.90. The molecule has 2 aromatic carbocycles. The largest absolute Gasteiger partial charge is 0.506 e. The Morgan fingerprint density at radius 2 is 1.90 bits per heavy atom. The van der Waals surface area contributed by atoms with E-state index in [1.54, 1.807) is 11.3 Å². The van der Waals surface area contributed by atoms with Gasteiger partial charge in [0.1, 0.15) is 5.75 Å². The third kappa shape index (κ3) is 4.60. The summed E-state index contributed by atoms with van der Waals surface area (Å²) in [6, 6.07) is 9.80. The van der Waals surface area contributed by atoms with Crippen molar-refractivity contribution >= 4 is 48.3 Å². The fraction of sp³-hybridized carbons (Fsp3) is 0.318. The molecule has 1 aromatic heterocycles. The fourth-order valence-electron chi connectivity index (χ4n) is 3.29. The molecule has 5 nitrogen and oxygen atoms in total. The summed E-state index contributed by atoms with van der Waals surface area (Å²) >= 11 is 8.50. The molecule has 2 heterocycles. The molecule has 158 valence electrons. The number of phenolic OH excluding ortho intramolecular Hbond substituents is 1. The van der Waals surface area contributed by atoms with Crippen LogP contribution in [0.2, 0.25) is 0 Å². The minimum Gasteiger partial charge on any atom is -0.506 e. The van der Waals surface area contributed by atoms with E-state index < -0.39 is 0 Å². The summed E-state index contributed by atoms with van der Waals surface area (Å²) in [4.78, 5) is 6.10. The number of ether oxygens (including phenoxy) is 2. The minimum absolute atomic E-state index is 0.0803. The number of hydrogen-bond acceptors (Lipinski definition) is 6. The second kappa shape index (κ2) is 8.40. The van der Waals surface area contributed by atoms with Gasteiger partial charge in [0.2, 0.25) is 6.79 Å². The van der Waals surface area contributed by atoms with Gasteiger partial charge in [0.25, 0.3) is 0 Å². The van der Waals surface area contributed by atoms with Crippen LogP contribution in [0.3, 0.4) is 0 Å². The van der Waals surface area contributed by atoms with Crippen molar-refractivity contribution in [1.29, 1.82) is 0 Å². The van der Waals surface area contributed by atoms with Crippen LogP contribution in [0.1, 0.15) is 42.5 Å². The quantitative estimate of drug-likeness (QED) is 0.372. The number of nitrogens with zero attached hydrogens (tertiary/aromatic N) is 1. The highest BCUT2D eigenvalue weighted by Crippen LogP contribution is 2.38. The first-order valence-electron chi connectivity index (χ1n) is 9.50. The maximum absolute atomic E-state index is 10.3. The van der Waals surface area contributed by atoms with E-state index in [9.17, 15) is 5.11 Å². The number of aromatic hydroxyl groups is 1. The molecular weight excluding hydrogens is 532 g/mol. The average Bonchev–Trinajstić information content (AvgIpc) is 3.29. The lowest BCUT2D eigenvalue weighted by Crippen LogP contribution is -2.14. The van der Waals surface area contributed by atoms with Gasteiger partial charge in [-0.25, -0.2) is 4.98 Å². The maximum Gasteiger partial charge on any atom is 0.231 e. The molecule has 0 unspecified atom stereocenters. The molecule has 1 aliphatic rings. The number of hydrogen-bond donors (Lipinski definition) is 2. The van der Waals surface area contributed by atoms with Gasteiger partial charge in [-0.15, -0.1) is 11.3 Å². The molecule has 0 amide bonds. The van der Waals surface area contributed by atoms with E-state index in [2.05, 4.69) is 64.0 Å². The van der Waals surface area contributed by atoms with Crippen LogP contribution >= 0.6 is 43.2 Å². The number of rotatable bonds is 5. The van der Waals surface area contributed by atoms with Crippen molar-refractivity contribution in [1.82, 2.24) is 4.98 Å². The predicted octanol–water partition coefficient (Wildman–Crippen LogP) is 6.60. The summed E-state index contributed by atoms with van der Waals surface area (Å²) in [6.07, 6.45) is 0.774. The summed E-state index contributed by atoms with van der Waals surface area (Å²) < 4.78 is 12.5. The van der Waals surface area contributed by atoms with Crippen molar-refractivity contribution in [3.63, 3.8) is 0 Å². The smallest absolute Gasteiger partial charge is 0.231 e. The molecule has 4 rings (SSSR count). The molecule has 1 aliphatic heterocycles. The minimum atomic E-state index is -0.0803. The number of benzene rings is 2. The zero-order valence-electron chi connectivity index (χ0n) is 16.9. The number of aromatic nitrogens is 1. The Morgan fingerprint density at radius 1 is 1.13 bits per heavy atom. The highest BCUT2D eigenvalue weighted by Gasteiger charge is 2.24. The van der Waals surface area contributed by atoms with E-state index in [-0.39, 0.29) is 18.0 Å². The van der Waals surface area contributed by atoms with Crippen molar-refractivity contribution in [2.75, 3.05) is 12.1 Å². The lowest BCUT2D eigenvalue weighted by Gasteiger charge is -2.17. The summed E-state index contributed by atoms with van der Waals surface area (Å²) in [6.45, 7) is 7.27. The maximum atomic E-state index is 10.3. The first kappa shape index (κ1) is 21.5. The van der Waals surface area contributed by atoms with E-state index in [0.717, 1.165) is 44.3 Å². The normalized spacial score (nSPS) is 13.0. The van der Waals surface area contributed by atoms with Crippen molar-refractivity contribution in [3.8, 4) is 17.2 Å². The number of phenols is 1. The van der Waals surface area contributed by atoms with Gasteiger partial charge < -0.3 is 19.9 Å². The van der Waals surface area contributed by atoms with E-state index >= 15 is 0 Å². The topological polar surface area (TPSA) is 63.6 Å². The standard InChI is InChI=1S/C22H22Br2N2O3S/c1-22(2,3)20-18(7-12-4-5-16-17(6-12)29-11-28-16)30-21(26-20)25-10-13-8-14(23)9-15(24)19(13)27/h4-6,8-9,27H,7,10-11H2,1-3H3,(H,25,26). The molecule has 8 heteroatoms. The van der Waals surface area contributed by atoms with Crippen LogP contribution in [0, 0.1) is 0 Å². The number of fused-ring (bicyclic) bond motifs is 1. The second-order valence-corrected chi connectivity index (χ2v) is 11.0. The monoisotopic (exact) mass is 552 g/mol. The first-order valence-corrected chi connectivity index (χ1v) is 11.9. The Hall–Kier alpha value is -1.77. The van der Waals surface area contributed by atoms with Crippen molar-refractivity contribution < 1.29 is 14.6 Å². The molecule has 0 saturated carbocycles. The lowest BCUT2D eigenvalue weighted by molar-refractivity contribution is 0.174. The highest BCUT2D eigenvalue weighted by molar-refractivity contribution is 9.11. The van der Waals surface area contributed by atoms with Gasteiger partial charge >= 0.3 is 0 Å². The molecule has 0 radical (unpaired) electrons. The predicted molar refractivity (Wildman–Crippen MR) is 127 cm³/mol. The van der Waals surface area contributed by atoms with E-state index in [0.29, 0.717) is 11.0 Å². The zero-order valence-corrected chi connectivity index (χ0v) is 20.9. The van der Waals surface area contributed by atoms with Gasteiger partial charge in [-0.05, 0) is 45.8 Å². The van der Waals surface area contributed by atoms with Gasteiger partial charge in [-0.3, -0.25) is 0 Å². The number of thiazole rings is 1. The summed E-state index contributed by atoms with van der Waals surface area (Å²) in [5.74, 6) is 1.82. The number of nitrogens with one attached hydrogen (secondary N) is 1. The van der Waals surface area contributed by atoms with Crippen LogP contribution in [0.15, 0.2) is 39.3 Å². The molecule has 3 aromatic rings. The number of halogens is 2. The SMILES string of the molecule is CC(C)(C)c1nc(NCc2cc(Br)cc(Br)c2O)sc1Cc1ccc2c(c1)OCO2. The summed E-state index contributed by atoms with van der Waals surface area (Å²) in [7, 11) is 0. The second-order valence-electron chi connectivity index (χ2n) is 8.15. The number of anilines is 1. The molecule has 30 heavy (non-hydrogen) atoms. The third-order valence-corrected chi connectivity index (χ3v) is 6.82. The zero-order chi connectivity index (χ0) is 21.5. The molecular formula is C22H22Br2N2O3S. The fourth-order valence-corrected chi connectivity index (χ4v) is 5.81. The van der Waals surface area contributed by atoms with Crippen LogP contribution in [-0.4, -0.2) is 16.9 Å². The highest BCUT2D eigenvalue weighted by atomic mass is 79.9. The molecule has 0 saturated heterocycles. The van der Waals surface area contributed by atoms with Gasteiger partial charge in [-0.1, -0.05) is 42.8 Å². The van der Waals surface area contributed by atoms with E-state index in [1.807, 2.05) is 24.3 Å². The molecule has 2 N–H and O–H groups in total. The van der Waals surface area contributed by atoms with Crippen molar-refractivity contribution in [2.45, 2.75) is 39.2 Å². The van der Waals surface area contributed by atoms with Crippen molar-refractivity contribution in [3.05, 3.63) is 61.0 Å². The van der Waals surface area contributed by atoms with Gasteiger partial charge in [0.15, 0.2) is 16.6 Å². The van der Waals surface area contributed by atoms with Crippen LogP contribution in [-0.2, 0) is 18.4 Å². The van der Waals surface area contributed by atoms with Crippen LogP contribution < -0.4 is 14.8 Å². The van der Waals surface area contributed by atoms with E-state index in [4.69, 9.17) is 14.5 Å². The Kier molecular flexibility index (Phi) is 6.01. The molecule has 0 bridgehead atoms.